The number of rotatable bonds is 3. The van der Waals surface area contributed by atoms with Gasteiger partial charge in [0.25, 0.3) is 0 Å². The zero-order chi connectivity index (χ0) is 10.8. The number of hydrogen-bond acceptors (Lipinski definition) is 3. The van der Waals surface area contributed by atoms with Gasteiger partial charge in [0.2, 0.25) is 0 Å². The zero-order valence-electron chi connectivity index (χ0n) is 9.07. The molecule has 2 aromatic rings. The number of aromatic nitrogens is 2. The summed E-state index contributed by atoms with van der Waals surface area (Å²) in [4.78, 5) is 0. The standard InChI is InChI=1S/C12H15N3O/c1-2-10-7-14-15-12(10)5-9(1)6-13-11-3-4-16-8-11/h1-2,5,7,11,13H,3-4,6,8H2,(H,14,15). The summed E-state index contributed by atoms with van der Waals surface area (Å²) in [7, 11) is 0. The van der Waals surface area contributed by atoms with Gasteiger partial charge in [-0.05, 0) is 18.1 Å². The highest BCUT2D eigenvalue weighted by molar-refractivity contribution is 5.78. The van der Waals surface area contributed by atoms with Gasteiger partial charge in [-0.3, -0.25) is 5.10 Å². The Bertz CT molecular complexity index is 474. The molecule has 3 rings (SSSR count). The van der Waals surface area contributed by atoms with Crippen molar-refractivity contribution in [2.75, 3.05) is 13.2 Å². The minimum absolute atomic E-state index is 0.512. The fraction of sp³-hybridized carbons (Fsp3) is 0.417. The normalized spacial score (nSPS) is 20.6. The molecular weight excluding hydrogens is 202 g/mol. The van der Waals surface area contributed by atoms with Crippen molar-refractivity contribution in [1.82, 2.24) is 15.5 Å². The molecule has 16 heavy (non-hydrogen) atoms. The van der Waals surface area contributed by atoms with E-state index < -0.39 is 0 Å². The first-order valence-electron chi connectivity index (χ1n) is 5.65. The molecule has 1 fully saturated rings. The largest absolute Gasteiger partial charge is 0.380 e. The van der Waals surface area contributed by atoms with Gasteiger partial charge in [-0.25, -0.2) is 0 Å². The Hall–Kier alpha value is -1.39. The lowest BCUT2D eigenvalue weighted by Crippen LogP contribution is -2.28. The van der Waals surface area contributed by atoms with E-state index in [2.05, 4.69) is 33.7 Å². The third kappa shape index (κ3) is 1.94. The Kier molecular flexibility index (Phi) is 2.60. The predicted octanol–water partition coefficient (Wildman–Crippen LogP) is 1.44. The summed E-state index contributed by atoms with van der Waals surface area (Å²) in [6.07, 6.45) is 2.96. The summed E-state index contributed by atoms with van der Waals surface area (Å²) in [5.74, 6) is 0. The van der Waals surface area contributed by atoms with E-state index >= 15 is 0 Å². The molecule has 1 saturated heterocycles. The van der Waals surface area contributed by atoms with Crippen molar-refractivity contribution in [2.45, 2.75) is 19.0 Å². The lowest BCUT2D eigenvalue weighted by atomic mass is 10.1. The first kappa shape index (κ1) is 9.81. The molecule has 1 unspecified atom stereocenters. The molecule has 84 valence electrons. The Labute approximate surface area is 94.0 Å². The number of fused-ring (bicyclic) bond motifs is 1. The van der Waals surface area contributed by atoms with Crippen LogP contribution in [0.5, 0.6) is 0 Å². The van der Waals surface area contributed by atoms with E-state index in [0.717, 1.165) is 37.1 Å². The molecule has 0 amide bonds. The van der Waals surface area contributed by atoms with Gasteiger partial charge in [0.15, 0.2) is 0 Å². The van der Waals surface area contributed by atoms with Crippen LogP contribution in [0.3, 0.4) is 0 Å². The van der Waals surface area contributed by atoms with Crippen molar-refractivity contribution in [2.24, 2.45) is 0 Å². The topological polar surface area (TPSA) is 49.9 Å². The Morgan fingerprint density at radius 3 is 3.38 bits per heavy atom. The number of aromatic amines is 1. The smallest absolute Gasteiger partial charge is 0.0653 e. The van der Waals surface area contributed by atoms with Crippen molar-refractivity contribution < 1.29 is 4.74 Å². The third-order valence-electron chi connectivity index (χ3n) is 3.03. The van der Waals surface area contributed by atoms with E-state index in [1.54, 1.807) is 0 Å². The van der Waals surface area contributed by atoms with Crippen LogP contribution in [-0.4, -0.2) is 29.5 Å². The number of ether oxygens (including phenoxy) is 1. The minimum Gasteiger partial charge on any atom is -0.380 e. The third-order valence-corrected chi connectivity index (χ3v) is 3.03. The Balaban J connectivity index is 1.68. The SMILES string of the molecule is c1cc2cn[nH]c2cc1CNC1CCOC1. The second kappa shape index (κ2) is 4.23. The molecule has 0 spiro atoms. The van der Waals surface area contributed by atoms with Gasteiger partial charge in [0.1, 0.15) is 0 Å². The van der Waals surface area contributed by atoms with Crippen LogP contribution in [-0.2, 0) is 11.3 Å². The average molecular weight is 217 g/mol. The Morgan fingerprint density at radius 2 is 2.50 bits per heavy atom. The van der Waals surface area contributed by atoms with E-state index in [9.17, 15) is 0 Å². The summed E-state index contributed by atoms with van der Waals surface area (Å²) >= 11 is 0. The molecule has 1 aliphatic rings. The molecule has 4 nitrogen and oxygen atoms in total. The molecule has 1 atom stereocenters. The van der Waals surface area contributed by atoms with E-state index in [1.165, 1.54) is 5.56 Å². The van der Waals surface area contributed by atoms with Gasteiger partial charge in [0.05, 0.1) is 18.3 Å². The maximum atomic E-state index is 5.32. The second-order valence-corrected chi connectivity index (χ2v) is 4.23. The van der Waals surface area contributed by atoms with Gasteiger partial charge in [-0.2, -0.15) is 5.10 Å². The number of nitrogens with zero attached hydrogens (tertiary/aromatic N) is 1. The molecule has 0 aliphatic carbocycles. The molecule has 0 radical (unpaired) electrons. The minimum atomic E-state index is 0.512. The molecule has 1 aromatic heterocycles. The summed E-state index contributed by atoms with van der Waals surface area (Å²) in [5, 5.41) is 11.7. The molecule has 2 N–H and O–H groups in total. The molecular formula is C12H15N3O. The first-order chi connectivity index (χ1) is 7.92. The van der Waals surface area contributed by atoms with Crippen LogP contribution in [0.25, 0.3) is 10.9 Å². The fourth-order valence-corrected chi connectivity index (χ4v) is 2.05. The highest BCUT2D eigenvalue weighted by atomic mass is 16.5. The van der Waals surface area contributed by atoms with Gasteiger partial charge in [-0.15, -0.1) is 0 Å². The van der Waals surface area contributed by atoms with Crippen molar-refractivity contribution >= 4 is 10.9 Å². The van der Waals surface area contributed by atoms with Crippen LogP contribution >= 0.6 is 0 Å². The molecule has 4 heteroatoms. The number of H-pyrrole nitrogens is 1. The number of hydrogen-bond donors (Lipinski definition) is 2. The molecule has 1 aromatic carbocycles. The predicted molar refractivity (Wildman–Crippen MR) is 62.2 cm³/mol. The highest BCUT2D eigenvalue weighted by Crippen LogP contribution is 2.13. The van der Waals surface area contributed by atoms with Crippen LogP contribution in [0.1, 0.15) is 12.0 Å². The number of nitrogens with one attached hydrogen (secondary N) is 2. The zero-order valence-corrected chi connectivity index (χ0v) is 9.07. The molecule has 1 aliphatic heterocycles. The number of benzene rings is 1. The second-order valence-electron chi connectivity index (χ2n) is 4.23. The van der Waals surface area contributed by atoms with Gasteiger partial charge >= 0.3 is 0 Å². The van der Waals surface area contributed by atoms with Gasteiger partial charge < -0.3 is 10.1 Å². The van der Waals surface area contributed by atoms with E-state index in [4.69, 9.17) is 4.74 Å². The van der Waals surface area contributed by atoms with E-state index in [-0.39, 0.29) is 0 Å². The van der Waals surface area contributed by atoms with Crippen molar-refractivity contribution in [1.29, 1.82) is 0 Å². The summed E-state index contributed by atoms with van der Waals surface area (Å²) in [6, 6.07) is 6.89. The van der Waals surface area contributed by atoms with Crippen LogP contribution in [0.2, 0.25) is 0 Å². The van der Waals surface area contributed by atoms with Crippen LogP contribution in [0, 0.1) is 0 Å². The van der Waals surface area contributed by atoms with Gasteiger partial charge in [0, 0.05) is 24.6 Å². The lowest BCUT2D eigenvalue weighted by molar-refractivity contribution is 0.190. The summed E-state index contributed by atoms with van der Waals surface area (Å²) in [6.45, 7) is 2.62. The lowest BCUT2D eigenvalue weighted by Gasteiger charge is -2.10. The van der Waals surface area contributed by atoms with Crippen LogP contribution in [0.4, 0.5) is 0 Å². The fourth-order valence-electron chi connectivity index (χ4n) is 2.05. The molecule has 2 heterocycles. The van der Waals surface area contributed by atoms with Crippen molar-refractivity contribution in [3.63, 3.8) is 0 Å². The molecule has 0 saturated carbocycles. The van der Waals surface area contributed by atoms with Crippen molar-refractivity contribution in [3.05, 3.63) is 30.0 Å². The molecule has 0 bridgehead atoms. The maximum Gasteiger partial charge on any atom is 0.0653 e. The summed E-state index contributed by atoms with van der Waals surface area (Å²) in [5.41, 5.74) is 2.38. The van der Waals surface area contributed by atoms with Crippen molar-refractivity contribution in [3.8, 4) is 0 Å². The van der Waals surface area contributed by atoms with E-state index in [1.807, 2.05) is 6.20 Å². The average Bonchev–Trinajstić information content (AvgIpc) is 2.97. The Morgan fingerprint density at radius 1 is 1.50 bits per heavy atom. The summed E-state index contributed by atoms with van der Waals surface area (Å²) < 4.78 is 5.32. The van der Waals surface area contributed by atoms with Crippen LogP contribution < -0.4 is 5.32 Å². The van der Waals surface area contributed by atoms with Crippen LogP contribution in [0.15, 0.2) is 24.4 Å². The monoisotopic (exact) mass is 217 g/mol. The maximum absolute atomic E-state index is 5.32. The van der Waals surface area contributed by atoms with Gasteiger partial charge in [-0.1, -0.05) is 12.1 Å². The first-order valence-corrected chi connectivity index (χ1v) is 5.65. The highest BCUT2D eigenvalue weighted by Gasteiger charge is 2.14. The quantitative estimate of drug-likeness (QED) is 0.818. The van der Waals surface area contributed by atoms with E-state index in [0.29, 0.717) is 6.04 Å².